The topological polar surface area (TPSA) is 24.9 Å². The van der Waals surface area contributed by atoms with E-state index >= 15 is 0 Å². The molecule has 82 valence electrons. The third kappa shape index (κ3) is 2.49. The lowest BCUT2D eigenvalue weighted by molar-refractivity contribution is 0.628. The van der Waals surface area contributed by atoms with Crippen LogP contribution in [0.5, 0.6) is 0 Å². The van der Waals surface area contributed by atoms with Crippen molar-refractivity contribution in [2.24, 2.45) is 0 Å². The van der Waals surface area contributed by atoms with Gasteiger partial charge < -0.3 is 5.32 Å². The summed E-state index contributed by atoms with van der Waals surface area (Å²) in [5.41, 5.74) is 1.73. The van der Waals surface area contributed by atoms with Gasteiger partial charge in [0.1, 0.15) is 11.6 Å². The van der Waals surface area contributed by atoms with E-state index in [0.717, 1.165) is 5.56 Å². The van der Waals surface area contributed by atoms with E-state index in [1.165, 1.54) is 12.1 Å². The fourth-order valence-electron chi connectivity index (χ4n) is 1.33. The first kappa shape index (κ1) is 10.9. The van der Waals surface area contributed by atoms with Crippen molar-refractivity contribution in [1.82, 2.24) is 4.98 Å². The summed E-state index contributed by atoms with van der Waals surface area (Å²) in [5, 5.41) is 3.37. The molecule has 0 bridgehead atoms. The molecule has 0 atom stereocenters. The van der Waals surface area contributed by atoms with E-state index in [1.54, 1.807) is 12.3 Å². The first-order valence-electron chi connectivity index (χ1n) is 4.80. The number of aryl methyl sites for hydroxylation is 1. The van der Waals surface area contributed by atoms with E-state index in [-0.39, 0.29) is 5.82 Å². The number of hydrogen-bond donors (Lipinski definition) is 1. The Balaban J connectivity index is 2.27. The molecule has 1 aromatic carbocycles. The van der Waals surface area contributed by atoms with Crippen molar-refractivity contribution in [3.63, 3.8) is 0 Å². The summed E-state index contributed by atoms with van der Waals surface area (Å²) in [5.74, 6) is 0.334. The summed E-state index contributed by atoms with van der Waals surface area (Å²) in [4.78, 5) is 4.13. The normalized spacial score (nSPS) is 10.2. The van der Waals surface area contributed by atoms with Crippen LogP contribution in [0.2, 0.25) is 5.02 Å². The minimum atomic E-state index is -0.354. The van der Waals surface area contributed by atoms with Crippen LogP contribution >= 0.6 is 11.6 Å². The molecule has 2 rings (SSSR count). The van der Waals surface area contributed by atoms with Crippen LogP contribution in [0.1, 0.15) is 5.56 Å². The van der Waals surface area contributed by atoms with Crippen LogP contribution < -0.4 is 5.32 Å². The van der Waals surface area contributed by atoms with E-state index in [1.807, 2.05) is 19.1 Å². The molecule has 16 heavy (non-hydrogen) atoms. The molecule has 0 aliphatic rings. The highest BCUT2D eigenvalue weighted by Crippen LogP contribution is 2.25. The molecule has 0 aliphatic heterocycles. The molecule has 1 aromatic heterocycles. The van der Waals surface area contributed by atoms with E-state index < -0.39 is 0 Å². The van der Waals surface area contributed by atoms with Crippen molar-refractivity contribution in [3.8, 4) is 0 Å². The largest absolute Gasteiger partial charge is 0.339 e. The lowest BCUT2D eigenvalue weighted by Crippen LogP contribution is -1.94. The van der Waals surface area contributed by atoms with Gasteiger partial charge in [0.05, 0.1) is 10.7 Å². The first-order chi connectivity index (χ1) is 7.65. The number of nitrogens with zero attached hydrogens (tertiary/aromatic N) is 1. The van der Waals surface area contributed by atoms with Crippen LogP contribution in [0.4, 0.5) is 15.9 Å². The predicted molar refractivity (Wildman–Crippen MR) is 63.7 cm³/mol. The molecule has 4 heteroatoms. The summed E-state index contributed by atoms with van der Waals surface area (Å²) in [6.07, 6.45) is 1.70. The average molecular weight is 237 g/mol. The highest BCUT2D eigenvalue weighted by atomic mass is 35.5. The van der Waals surface area contributed by atoms with Crippen LogP contribution in [0.25, 0.3) is 0 Å². The number of anilines is 2. The van der Waals surface area contributed by atoms with E-state index in [2.05, 4.69) is 10.3 Å². The second-order valence-corrected chi connectivity index (χ2v) is 3.87. The summed E-state index contributed by atoms with van der Waals surface area (Å²) < 4.78 is 12.8. The fourth-order valence-corrected chi connectivity index (χ4v) is 1.55. The molecule has 2 nitrogen and oxygen atoms in total. The molecule has 0 unspecified atom stereocenters. The van der Waals surface area contributed by atoms with Gasteiger partial charge in [0.25, 0.3) is 0 Å². The number of halogens is 2. The SMILES string of the molecule is Cc1ccnc(Nc2ccc(F)cc2Cl)c1. The number of hydrogen-bond acceptors (Lipinski definition) is 2. The summed E-state index contributed by atoms with van der Waals surface area (Å²) in [7, 11) is 0. The fraction of sp³-hybridized carbons (Fsp3) is 0.0833. The van der Waals surface area contributed by atoms with Crippen LogP contribution in [0, 0.1) is 12.7 Å². The van der Waals surface area contributed by atoms with Crippen molar-refractivity contribution >= 4 is 23.1 Å². The van der Waals surface area contributed by atoms with Gasteiger partial charge in [-0.1, -0.05) is 11.6 Å². The highest BCUT2D eigenvalue weighted by molar-refractivity contribution is 6.33. The smallest absolute Gasteiger partial charge is 0.130 e. The van der Waals surface area contributed by atoms with Gasteiger partial charge in [-0.3, -0.25) is 0 Å². The lowest BCUT2D eigenvalue weighted by atomic mass is 10.2. The standard InChI is InChI=1S/C12H10ClFN2/c1-8-4-5-15-12(6-8)16-11-3-2-9(14)7-10(11)13/h2-7H,1H3,(H,15,16). The maximum atomic E-state index is 12.8. The summed E-state index contributed by atoms with van der Waals surface area (Å²) in [6, 6.07) is 7.99. The molecule has 1 heterocycles. The predicted octanol–water partition coefficient (Wildman–Crippen LogP) is 3.93. The Morgan fingerprint density at radius 2 is 2.06 bits per heavy atom. The van der Waals surface area contributed by atoms with Gasteiger partial charge >= 0.3 is 0 Å². The zero-order valence-corrected chi connectivity index (χ0v) is 9.42. The zero-order chi connectivity index (χ0) is 11.5. The quantitative estimate of drug-likeness (QED) is 0.855. The van der Waals surface area contributed by atoms with Crippen molar-refractivity contribution in [3.05, 3.63) is 52.9 Å². The van der Waals surface area contributed by atoms with Gasteiger partial charge in [-0.15, -0.1) is 0 Å². The van der Waals surface area contributed by atoms with Crippen LogP contribution in [-0.4, -0.2) is 4.98 Å². The molecule has 1 N–H and O–H groups in total. The van der Waals surface area contributed by atoms with E-state index in [9.17, 15) is 4.39 Å². The Morgan fingerprint density at radius 3 is 2.75 bits per heavy atom. The maximum absolute atomic E-state index is 12.8. The Bertz CT molecular complexity index is 514. The van der Waals surface area contributed by atoms with Crippen LogP contribution in [0.3, 0.4) is 0 Å². The minimum absolute atomic E-state index is 0.336. The van der Waals surface area contributed by atoms with Gasteiger partial charge in [0.2, 0.25) is 0 Å². The molecule has 2 aromatic rings. The highest BCUT2D eigenvalue weighted by Gasteiger charge is 2.02. The third-order valence-electron chi connectivity index (χ3n) is 2.11. The van der Waals surface area contributed by atoms with Crippen molar-refractivity contribution in [2.75, 3.05) is 5.32 Å². The Labute approximate surface area is 98.1 Å². The van der Waals surface area contributed by atoms with Crippen molar-refractivity contribution < 1.29 is 4.39 Å². The molecule has 0 saturated carbocycles. The Morgan fingerprint density at radius 1 is 1.25 bits per heavy atom. The molecular weight excluding hydrogens is 227 g/mol. The van der Waals surface area contributed by atoms with Crippen LogP contribution in [-0.2, 0) is 0 Å². The van der Waals surface area contributed by atoms with E-state index in [0.29, 0.717) is 16.5 Å². The number of rotatable bonds is 2. The first-order valence-corrected chi connectivity index (χ1v) is 5.18. The molecular formula is C12H10ClFN2. The molecule has 0 amide bonds. The summed E-state index contributed by atoms with van der Waals surface area (Å²) in [6.45, 7) is 1.97. The van der Waals surface area contributed by atoms with Gasteiger partial charge in [-0.05, 0) is 42.8 Å². The zero-order valence-electron chi connectivity index (χ0n) is 8.67. The molecule has 0 radical (unpaired) electrons. The second kappa shape index (κ2) is 4.49. The summed E-state index contributed by atoms with van der Waals surface area (Å²) >= 11 is 5.89. The number of aromatic nitrogens is 1. The van der Waals surface area contributed by atoms with Crippen molar-refractivity contribution in [2.45, 2.75) is 6.92 Å². The van der Waals surface area contributed by atoms with Gasteiger partial charge in [-0.25, -0.2) is 9.37 Å². The number of pyridine rings is 1. The Hall–Kier alpha value is -1.61. The number of benzene rings is 1. The van der Waals surface area contributed by atoms with E-state index in [4.69, 9.17) is 11.6 Å². The third-order valence-corrected chi connectivity index (χ3v) is 2.42. The maximum Gasteiger partial charge on any atom is 0.130 e. The minimum Gasteiger partial charge on any atom is -0.339 e. The molecule has 0 saturated heterocycles. The average Bonchev–Trinajstić information content (AvgIpc) is 2.22. The molecule has 0 aliphatic carbocycles. The van der Waals surface area contributed by atoms with Crippen LogP contribution in [0.15, 0.2) is 36.5 Å². The van der Waals surface area contributed by atoms with Gasteiger partial charge in [0.15, 0.2) is 0 Å². The Kier molecular flexibility index (Phi) is 3.06. The van der Waals surface area contributed by atoms with Gasteiger partial charge in [0, 0.05) is 6.20 Å². The monoisotopic (exact) mass is 236 g/mol. The molecule has 0 spiro atoms. The number of nitrogens with one attached hydrogen (secondary N) is 1. The van der Waals surface area contributed by atoms with Crippen molar-refractivity contribution in [1.29, 1.82) is 0 Å². The van der Waals surface area contributed by atoms with Gasteiger partial charge in [-0.2, -0.15) is 0 Å². The molecule has 0 fully saturated rings. The lowest BCUT2D eigenvalue weighted by Gasteiger charge is -2.07. The second-order valence-electron chi connectivity index (χ2n) is 3.47.